The molecule has 1 aliphatic heterocycles. The predicted octanol–water partition coefficient (Wildman–Crippen LogP) is 0.714. The highest BCUT2D eigenvalue weighted by molar-refractivity contribution is 4.98. The molecule has 2 nitrogen and oxygen atoms in total. The first-order valence-corrected chi connectivity index (χ1v) is 4.59. The van der Waals surface area contributed by atoms with Crippen LogP contribution in [0.15, 0.2) is 0 Å². The molecule has 1 rings (SSSR count). The first-order chi connectivity index (χ1) is 5.86. The Morgan fingerprint density at radius 3 is 2.58 bits per heavy atom. The number of aliphatic hydroxyl groups excluding tert-OH is 1. The zero-order valence-corrected chi connectivity index (χ0v) is 7.71. The highest BCUT2D eigenvalue weighted by Crippen LogP contribution is 2.15. The van der Waals surface area contributed by atoms with Gasteiger partial charge in [0, 0.05) is 6.61 Å². The smallest absolute Gasteiger partial charge is 0.0601 e. The van der Waals surface area contributed by atoms with Gasteiger partial charge in [-0.3, -0.25) is 4.90 Å². The van der Waals surface area contributed by atoms with Gasteiger partial charge < -0.3 is 5.11 Å². The summed E-state index contributed by atoms with van der Waals surface area (Å²) in [6.45, 7) is 5.32. The molecule has 0 spiro atoms. The van der Waals surface area contributed by atoms with Crippen molar-refractivity contribution < 1.29 is 5.11 Å². The van der Waals surface area contributed by atoms with Gasteiger partial charge in [-0.25, -0.2) is 0 Å². The molecule has 68 valence electrons. The highest BCUT2D eigenvalue weighted by Gasteiger charge is 2.16. The Morgan fingerprint density at radius 2 is 2.08 bits per heavy atom. The maximum Gasteiger partial charge on any atom is 0.0601 e. The first kappa shape index (κ1) is 9.57. The fourth-order valence-corrected chi connectivity index (χ4v) is 1.52. The van der Waals surface area contributed by atoms with Crippen LogP contribution in [0.5, 0.6) is 0 Å². The summed E-state index contributed by atoms with van der Waals surface area (Å²) in [6, 6.07) is 0. The molecule has 1 saturated heterocycles. The van der Waals surface area contributed by atoms with Crippen LogP contribution in [0.1, 0.15) is 19.8 Å². The van der Waals surface area contributed by atoms with Crippen molar-refractivity contribution in [2.24, 2.45) is 5.92 Å². The number of hydrogen-bond donors (Lipinski definition) is 1. The second kappa shape index (κ2) is 5.18. The number of likely N-dealkylation sites (tertiary alicyclic amines) is 1. The van der Waals surface area contributed by atoms with Crippen LogP contribution in [0.25, 0.3) is 0 Å². The third-order valence-corrected chi connectivity index (χ3v) is 2.44. The average Bonchev–Trinajstić information content (AvgIpc) is 2.15. The molecule has 0 unspecified atom stereocenters. The molecule has 0 bridgehead atoms. The third-order valence-electron chi connectivity index (χ3n) is 2.44. The predicted molar refractivity (Wildman–Crippen MR) is 49.7 cm³/mol. The molecule has 1 aliphatic rings. The van der Waals surface area contributed by atoms with Crippen LogP contribution in [-0.4, -0.2) is 36.2 Å². The summed E-state index contributed by atoms with van der Waals surface area (Å²) in [5, 5.41) is 8.91. The van der Waals surface area contributed by atoms with Gasteiger partial charge in [0.05, 0.1) is 6.54 Å². The van der Waals surface area contributed by atoms with Crippen LogP contribution < -0.4 is 0 Å². The van der Waals surface area contributed by atoms with Crippen LogP contribution >= 0.6 is 0 Å². The second-order valence-corrected chi connectivity index (χ2v) is 3.33. The summed E-state index contributed by atoms with van der Waals surface area (Å²) in [5.41, 5.74) is 0. The monoisotopic (exact) mass is 167 g/mol. The fraction of sp³-hybridized carbons (Fsp3) is 0.800. The van der Waals surface area contributed by atoms with Crippen LogP contribution in [0.4, 0.5) is 0 Å². The Hall–Kier alpha value is -0.520. The van der Waals surface area contributed by atoms with E-state index in [4.69, 9.17) is 5.11 Å². The van der Waals surface area contributed by atoms with Crippen molar-refractivity contribution in [1.29, 1.82) is 0 Å². The summed E-state index contributed by atoms with van der Waals surface area (Å²) in [4.78, 5) is 2.35. The zero-order valence-electron chi connectivity index (χ0n) is 7.71. The number of rotatable bonds is 2. The molecule has 12 heavy (non-hydrogen) atoms. The Morgan fingerprint density at radius 1 is 1.42 bits per heavy atom. The molecule has 1 heterocycles. The average molecular weight is 167 g/mol. The van der Waals surface area contributed by atoms with E-state index in [0.29, 0.717) is 12.5 Å². The van der Waals surface area contributed by atoms with Gasteiger partial charge in [0.25, 0.3) is 0 Å². The summed E-state index contributed by atoms with van der Waals surface area (Å²) in [5.74, 6) is 6.50. The minimum Gasteiger partial charge on any atom is -0.396 e. The number of hydrogen-bond acceptors (Lipinski definition) is 2. The molecule has 0 aliphatic carbocycles. The van der Waals surface area contributed by atoms with Crippen molar-refractivity contribution in [3.8, 4) is 11.8 Å². The minimum absolute atomic E-state index is 0.354. The van der Waals surface area contributed by atoms with Gasteiger partial charge in [0.15, 0.2) is 0 Å². The standard InChI is InChI=1S/C10H17NO/c1-2-3-6-11-7-4-10(9-12)5-8-11/h10,12H,4-9H2,1H3. The van der Waals surface area contributed by atoms with Crippen molar-refractivity contribution >= 4 is 0 Å². The van der Waals surface area contributed by atoms with E-state index in [1.165, 1.54) is 0 Å². The maximum atomic E-state index is 8.91. The van der Waals surface area contributed by atoms with Crippen LogP contribution in [-0.2, 0) is 0 Å². The van der Waals surface area contributed by atoms with E-state index < -0.39 is 0 Å². The summed E-state index contributed by atoms with van der Waals surface area (Å²) >= 11 is 0. The topological polar surface area (TPSA) is 23.5 Å². The molecule has 0 aromatic carbocycles. The second-order valence-electron chi connectivity index (χ2n) is 3.33. The van der Waals surface area contributed by atoms with Gasteiger partial charge in [0.1, 0.15) is 0 Å². The summed E-state index contributed by atoms with van der Waals surface area (Å²) in [6.07, 6.45) is 2.25. The van der Waals surface area contributed by atoms with E-state index in [0.717, 1.165) is 32.5 Å². The van der Waals surface area contributed by atoms with Crippen LogP contribution in [0.3, 0.4) is 0 Å². The molecule has 0 saturated carbocycles. The lowest BCUT2D eigenvalue weighted by molar-refractivity contribution is 0.140. The van der Waals surface area contributed by atoms with Crippen LogP contribution in [0.2, 0.25) is 0 Å². The Labute approximate surface area is 74.6 Å². The summed E-state index contributed by atoms with van der Waals surface area (Å²) in [7, 11) is 0. The Kier molecular flexibility index (Phi) is 4.13. The molecule has 0 atom stereocenters. The zero-order chi connectivity index (χ0) is 8.81. The SMILES string of the molecule is CC#CCN1CCC(CO)CC1. The van der Waals surface area contributed by atoms with Gasteiger partial charge in [-0.15, -0.1) is 5.92 Å². The van der Waals surface area contributed by atoms with E-state index in [-0.39, 0.29) is 0 Å². The third kappa shape index (κ3) is 2.84. The number of aliphatic hydroxyl groups is 1. The molecular formula is C10H17NO. The first-order valence-electron chi connectivity index (χ1n) is 4.59. The van der Waals surface area contributed by atoms with Gasteiger partial charge in [-0.1, -0.05) is 5.92 Å². The van der Waals surface area contributed by atoms with Gasteiger partial charge >= 0.3 is 0 Å². The lowest BCUT2D eigenvalue weighted by atomic mass is 9.98. The van der Waals surface area contributed by atoms with E-state index >= 15 is 0 Å². The number of piperidine rings is 1. The van der Waals surface area contributed by atoms with E-state index in [2.05, 4.69) is 16.7 Å². The van der Waals surface area contributed by atoms with Crippen molar-refractivity contribution in [2.75, 3.05) is 26.2 Å². The van der Waals surface area contributed by atoms with E-state index in [1.54, 1.807) is 0 Å². The molecule has 0 radical (unpaired) electrons. The normalized spacial score (nSPS) is 20.2. The maximum absolute atomic E-state index is 8.91. The molecular weight excluding hydrogens is 150 g/mol. The van der Waals surface area contributed by atoms with Crippen molar-refractivity contribution in [3.63, 3.8) is 0 Å². The van der Waals surface area contributed by atoms with Gasteiger partial charge in [-0.05, 0) is 38.8 Å². The minimum atomic E-state index is 0.354. The Bertz CT molecular complexity index is 172. The molecule has 2 heteroatoms. The van der Waals surface area contributed by atoms with Gasteiger partial charge in [-0.2, -0.15) is 0 Å². The lowest BCUT2D eigenvalue weighted by Gasteiger charge is -2.29. The van der Waals surface area contributed by atoms with Gasteiger partial charge in [0.2, 0.25) is 0 Å². The van der Waals surface area contributed by atoms with E-state index in [9.17, 15) is 0 Å². The summed E-state index contributed by atoms with van der Waals surface area (Å²) < 4.78 is 0. The molecule has 0 aromatic rings. The van der Waals surface area contributed by atoms with Crippen molar-refractivity contribution in [2.45, 2.75) is 19.8 Å². The number of nitrogens with zero attached hydrogens (tertiary/aromatic N) is 1. The van der Waals surface area contributed by atoms with E-state index in [1.807, 2.05) is 6.92 Å². The molecule has 1 fully saturated rings. The molecule has 1 N–H and O–H groups in total. The largest absolute Gasteiger partial charge is 0.396 e. The highest BCUT2D eigenvalue weighted by atomic mass is 16.3. The van der Waals surface area contributed by atoms with Crippen molar-refractivity contribution in [3.05, 3.63) is 0 Å². The quantitative estimate of drug-likeness (QED) is 0.612. The lowest BCUT2D eigenvalue weighted by Crippen LogP contribution is -2.34. The molecule has 0 amide bonds. The Balaban J connectivity index is 2.20. The van der Waals surface area contributed by atoms with Crippen molar-refractivity contribution in [1.82, 2.24) is 4.90 Å². The van der Waals surface area contributed by atoms with Crippen LogP contribution in [0, 0.1) is 17.8 Å². The fourth-order valence-electron chi connectivity index (χ4n) is 1.52. The molecule has 0 aromatic heterocycles.